The van der Waals surface area contributed by atoms with Crippen LogP contribution in [0.1, 0.15) is 16.7 Å². The first kappa shape index (κ1) is 15.6. The Kier molecular flexibility index (Phi) is 3.45. The number of hydrogen-bond acceptors (Lipinski definition) is 6. The van der Waals surface area contributed by atoms with Gasteiger partial charge >= 0.3 is 0 Å². The van der Waals surface area contributed by atoms with Gasteiger partial charge in [-0.25, -0.2) is 9.37 Å². The molecule has 3 heterocycles. The number of aromatic nitrogens is 2. The summed E-state index contributed by atoms with van der Waals surface area (Å²) in [4.78, 5) is 17.7. The van der Waals surface area contributed by atoms with Crippen molar-refractivity contribution in [3.05, 3.63) is 40.8 Å². The van der Waals surface area contributed by atoms with E-state index in [-0.39, 0.29) is 5.69 Å². The summed E-state index contributed by atoms with van der Waals surface area (Å²) in [5.74, 6) is 1.96. The van der Waals surface area contributed by atoms with Gasteiger partial charge < -0.3 is 15.5 Å². The molecule has 0 fully saturated rings. The highest BCUT2D eigenvalue weighted by atomic mass is 19.1. The molecule has 1 aromatic carbocycles. The molecule has 0 spiro atoms. The van der Waals surface area contributed by atoms with Gasteiger partial charge in [0, 0.05) is 38.0 Å². The smallest absolute Gasteiger partial charge is 0.226 e. The molecule has 2 N–H and O–H groups in total. The second kappa shape index (κ2) is 5.54. The molecule has 0 unspecified atom stereocenters. The lowest BCUT2D eigenvalue weighted by Crippen LogP contribution is -2.33. The van der Waals surface area contributed by atoms with Crippen molar-refractivity contribution in [1.82, 2.24) is 9.97 Å². The highest BCUT2D eigenvalue weighted by molar-refractivity contribution is 6.36. The van der Waals surface area contributed by atoms with Crippen molar-refractivity contribution in [2.45, 2.75) is 6.92 Å². The first-order valence-electron chi connectivity index (χ1n) is 8.10. The van der Waals surface area contributed by atoms with Crippen LogP contribution in [0.3, 0.4) is 0 Å². The van der Waals surface area contributed by atoms with Crippen LogP contribution in [0.25, 0.3) is 11.6 Å². The summed E-state index contributed by atoms with van der Waals surface area (Å²) >= 11 is 0. The van der Waals surface area contributed by atoms with E-state index >= 15 is 0 Å². The Bertz CT molecular complexity index is 931. The quantitative estimate of drug-likeness (QED) is 0.851. The summed E-state index contributed by atoms with van der Waals surface area (Å²) in [6, 6.07) is 3.14. The van der Waals surface area contributed by atoms with Gasteiger partial charge in [-0.15, -0.1) is 0 Å². The molecular formula is C18H19FN6. The van der Waals surface area contributed by atoms with Gasteiger partial charge in [-0.2, -0.15) is 4.98 Å². The molecular weight excluding hydrogens is 319 g/mol. The molecule has 25 heavy (non-hydrogen) atoms. The van der Waals surface area contributed by atoms with E-state index in [1.165, 1.54) is 6.07 Å². The molecule has 0 radical (unpaired) electrons. The number of nitrogens with two attached hydrogens (primary N) is 1. The van der Waals surface area contributed by atoms with Crippen LogP contribution in [0.5, 0.6) is 0 Å². The molecule has 0 bridgehead atoms. The van der Waals surface area contributed by atoms with Gasteiger partial charge in [0.2, 0.25) is 5.95 Å². The van der Waals surface area contributed by atoms with Crippen molar-refractivity contribution in [3.8, 4) is 0 Å². The van der Waals surface area contributed by atoms with E-state index in [1.54, 1.807) is 6.07 Å². The molecule has 6 nitrogen and oxygen atoms in total. The Morgan fingerprint density at radius 2 is 2.08 bits per heavy atom. The van der Waals surface area contributed by atoms with Crippen LogP contribution in [0.4, 0.5) is 21.8 Å². The number of nitrogen functional groups attached to an aromatic ring is 1. The van der Waals surface area contributed by atoms with Crippen LogP contribution in [0, 0.1) is 12.7 Å². The Balaban J connectivity index is 1.91. The van der Waals surface area contributed by atoms with Crippen LogP contribution in [0.2, 0.25) is 0 Å². The Labute approximate surface area is 145 Å². The Morgan fingerprint density at radius 1 is 1.28 bits per heavy atom. The Morgan fingerprint density at radius 3 is 2.84 bits per heavy atom. The number of halogens is 1. The van der Waals surface area contributed by atoms with Crippen molar-refractivity contribution in [2.75, 3.05) is 42.7 Å². The fourth-order valence-electron chi connectivity index (χ4n) is 3.19. The molecule has 0 saturated heterocycles. The SMILES string of the molecule is Cc1cc(F)c(N)cc1C1=Cc2cnc(N(C)C)nc2N2CCN=C12. The zero-order chi connectivity index (χ0) is 17.7. The summed E-state index contributed by atoms with van der Waals surface area (Å²) in [5, 5.41) is 0. The van der Waals surface area contributed by atoms with E-state index in [9.17, 15) is 4.39 Å². The van der Waals surface area contributed by atoms with Gasteiger partial charge in [0.1, 0.15) is 17.5 Å². The van der Waals surface area contributed by atoms with Crippen molar-refractivity contribution in [1.29, 1.82) is 0 Å². The van der Waals surface area contributed by atoms with Gasteiger partial charge in [0.25, 0.3) is 0 Å². The van der Waals surface area contributed by atoms with Crippen molar-refractivity contribution < 1.29 is 4.39 Å². The zero-order valence-electron chi connectivity index (χ0n) is 14.4. The number of aliphatic imine (C=N–C) groups is 1. The van der Waals surface area contributed by atoms with Crippen LogP contribution in [-0.2, 0) is 0 Å². The lowest BCUT2D eigenvalue weighted by atomic mass is 9.94. The zero-order valence-corrected chi connectivity index (χ0v) is 14.4. The third kappa shape index (κ3) is 2.43. The number of anilines is 3. The summed E-state index contributed by atoms with van der Waals surface area (Å²) in [6.07, 6.45) is 3.82. The molecule has 0 amide bonds. The number of benzene rings is 1. The minimum atomic E-state index is -0.401. The standard InChI is InChI=1S/C18H19FN6/c1-10-6-14(19)15(20)8-12(10)13-7-11-9-22-18(24(2)3)23-16(11)25-5-4-21-17(13)25/h6-9H,4-5,20H2,1-3H3. The van der Waals surface area contributed by atoms with Crippen molar-refractivity contribution >= 4 is 34.9 Å². The topological polar surface area (TPSA) is 70.6 Å². The van der Waals surface area contributed by atoms with Crippen molar-refractivity contribution in [3.63, 3.8) is 0 Å². The van der Waals surface area contributed by atoms with Gasteiger partial charge in [0.15, 0.2) is 0 Å². The predicted octanol–water partition coefficient (Wildman–Crippen LogP) is 2.35. The second-order valence-corrected chi connectivity index (χ2v) is 6.45. The minimum absolute atomic E-state index is 0.136. The summed E-state index contributed by atoms with van der Waals surface area (Å²) in [7, 11) is 3.82. The average Bonchev–Trinajstić information content (AvgIpc) is 3.07. The fourth-order valence-corrected chi connectivity index (χ4v) is 3.19. The molecule has 0 atom stereocenters. The maximum Gasteiger partial charge on any atom is 0.226 e. The Hall–Kier alpha value is -2.96. The lowest BCUT2D eigenvalue weighted by Gasteiger charge is -2.28. The van der Waals surface area contributed by atoms with E-state index in [0.717, 1.165) is 40.5 Å². The average molecular weight is 338 g/mol. The van der Waals surface area contributed by atoms with E-state index in [0.29, 0.717) is 12.5 Å². The van der Waals surface area contributed by atoms with Crippen LogP contribution < -0.4 is 15.5 Å². The first-order chi connectivity index (χ1) is 12.0. The molecule has 2 aliphatic heterocycles. The van der Waals surface area contributed by atoms with Crippen molar-refractivity contribution in [2.24, 2.45) is 4.99 Å². The number of hydrogen-bond donors (Lipinski definition) is 1. The van der Waals surface area contributed by atoms with Crippen LogP contribution in [-0.4, -0.2) is 43.0 Å². The van der Waals surface area contributed by atoms with E-state index in [4.69, 9.17) is 5.73 Å². The van der Waals surface area contributed by atoms with Gasteiger partial charge in [-0.3, -0.25) is 4.99 Å². The number of nitrogens with zero attached hydrogens (tertiary/aromatic N) is 5. The molecule has 2 aliphatic rings. The minimum Gasteiger partial charge on any atom is -0.396 e. The monoisotopic (exact) mass is 338 g/mol. The summed E-state index contributed by atoms with van der Waals surface area (Å²) < 4.78 is 13.7. The number of aryl methyl sites for hydroxylation is 1. The summed E-state index contributed by atoms with van der Waals surface area (Å²) in [6.45, 7) is 3.34. The van der Waals surface area contributed by atoms with E-state index in [2.05, 4.69) is 19.9 Å². The normalized spacial score (nSPS) is 15.4. The van der Waals surface area contributed by atoms with E-state index in [1.807, 2.05) is 38.2 Å². The molecule has 2 aromatic rings. The summed E-state index contributed by atoms with van der Waals surface area (Å²) in [5.41, 5.74) is 9.48. The maximum atomic E-state index is 13.7. The molecule has 0 aliphatic carbocycles. The van der Waals surface area contributed by atoms with Gasteiger partial charge in [-0.1, -0.05) is 0 Å². The fraction of sp³-hybridized carbons (Fsp3) is 0.278. The third-order valence-corrected chi connectivity index (χ3v) is 4.45. The maximum absolute atomic E-state index is 13.7. The molecule has 1 aromatic heterocycles. The lowest BCUT2D eigenvalue weighted by molar-refractivity contribution is 0.631. The van der Waals surface area contributed by atoms with Gasteiger partial charge in [0.05, 0.1) is 12.2 Å². The number of rotatable bonds is 2. The van der Waals surface area contributed by atoms with Crippen LogP contribution >= 0.6 is 0 Å². The number of fused-ring (bicyclic) bond motifs is 3. The highest BCUT2D eigenvalue weighted by Gasteiger charge is 2.31. The van der Waals surface area contributed by atoms with E-state index < -0.39 is 5.82 Å². The largest absolute Gasteiger partial charge is 0.396 e. The number of amidine groups is 1. The van der Waals surface area contributed by atoms with Crippen LogP contribution in [0.15, 0.2) is 23.3 Å². The predicted molar refractivity (Wildman–Crippen MR) is 99.4 cm³/mol. The molecule has 7 heteroatoms. The molecule has 0 saturated carbocycles. The highest BCUT2D eigenvalue weighted by Crippen LogP contribution is 2.37. The molecule has 128 valence electrons. The molecule has 4 rings (SSSR count). The third-order valence-electron chi connectivity index (χ3n) is 4.45. The van der Waals surface area contributed by atoms with Gasteiger partial charge in [-0.05, 0) is 36.3 Å². The first-order valence-corrected chi connectivity index (χ1v) is 8.10. The second-order valence-electron chi connectivity index (χ2n) is 6.45.